The van der Waals surface area contributed by atoms with Gasteiger partial charge in [-0.2, -0.15) is 0 Å². The van der Waals surface area contributed by atoms with Crippen LogP contribution in [0.1, 0.15) is 28.4 Å². The van der Waals surface area contributed by atoms with E-state index in [0.717, 1.165) is 17.4 Å². The molecule has 4 heteroatoms. The molecule has 0 bridgehead atoms. The Hall–Kier alpha value is -1.84. The summed E-state index contributed by atoms with van der Waals surface area (Å²) in [4.78, 5) is 30.4. The SMILES string of the molecule is CC(=O)OOc1cc(C)c(C=O)cc1C. The quantitative estimate of drug-likeness (QED) is 0.433. The zero-order valence-corrected chi connectivity index (χ0v) is 8.87. The molecule has 0 saturated carbocycles. The summed E-state index contributed by atoms with van der Waals surface area (Å²) in [7, 11) is 0. The van der Waals surface area contributed by atoms with Crippen molar-refractivity contribution >= 4 is 12.3 Å². The molecule has 0 heterocycles. The van der Waals surface area contributed by atoms with Gasteiger partial charge in [0.05, 0.1) is 0 Å². The fraction of sp³-hybridized carbons (Fsp3) is 0.273. The Morgan fingerprint density at radius 1 is 1.27 bits per heavy atom. The second-order valence-electron chi connectivity index (χ2n) is 3.25. The lowest BCUT2D eigenvalue weighted by Crippen LogP contribution is -2.04. The zero-order chi connectivity index (χ0) is 11.4. The molecule has 0 amide bonds. The number of aldehydes is 1. The average Bonchev–Trinajstić information content (AvgIpc) is 2.18. The Kier molecular flexibility index (Phi) is 3.44. The van der Waals surface area contributed by atoms with Gasteiger partial charge in [0.25, 0.3) is 0 Å². The predicted molar refractivity (Wildman–Crippen MR) is 53.7 cm³/mol. The van der Waals surface area contributed by atoms with Gasteiger partial charge in [-0.05, 0) is 37.1 Å². The minimum Gasteiger partial charge on any atom is -0.298 e. The third-order valence-electron chi connectivity index (χ3n) is 1.94. The molecule has 1 rings (SSSR count). The molecule has 15 heavy (non-hydrogen) atoms. The summed E-state index contributed by atoms with van der Waals surface area (Å²) in [5.41, 5.74) is 2.12. The highest BCUT2D eigenvalue weighted by molar-refractivity contribution is 5.78. The van der Waals surface area contributed by atoms with Crippen molar-refractivity contribution in [1.82, 2.24) is 0 Å². The highest BCUT2D eigenvalue weighted by atomic mass is 17.2. The van der Waals surface area contributed by atoms with Gasteiger partial charge in [0.15, 0.2) is 5.75 Å². The van der Waals surface area contributed by atoms with Crippen molar-refractivity contribution in [1.29, 1.82) is 0 Å². The monoisotopic (exact) mass is 208 g/mol. The summed E-state index contributed by atoms with van der Waals surface area (Å²) in [5.74, 6) is -0.0835. The smallest absolute Gasteiger partial charge is 0.298 e. The van der Waals surface area contributed by atoms with E-state index >= 15 is 0 Å². The van der Waals surface area contributed by atoms with Crippen molar-refractivity contribution in [2.45, 2.75) is 20.8 Å². The number of hydrogen-bond donors (Lipinski definition) is 0. The molecule has 0 radical (unpaired) electrons. The first-order chi connectivity index (χ1) is 7.04. The molecule has 0 aliphatic carbocycles. The minimum absolute atomic E-state index is 0.438. The number of aryl methyl sites for hydroxylation is 2. The van der Waals surface area contributed by atoms with E-state index in [9.17, 15) is 9.59 Å². The fourth-order valence-electron chi connectivity index (χ4n) is 1.13. The molecule has 0 spiro atoms. The maximum absolute atomic E-state index is 10.6. The molecule has 0 saturated heterocycles. The molecule has 0 aromatic heterocycles. The summed E-state index contributed by atoms with van der Waals surface area (Å²) in [6.07, 6.45) is 0.776. The third-order valence-corrected chi connectivity index (χ3v) is 1.94. The van der Waals surface area contributed by atoms with Crippen molar-refractivity contribution < 1.29 is 19.4 Å². The first-order valence-corrected chi connectivity index (χ1v) is 4.46. The van der Waals surface area contributed by atoms with Crippen LogP contribution < -0.4 is 4.89 Å². The Bertz CT molecular complexity index is 396. The van der Waals surface area contributed by atoms with Crippen molar-refractivity contribution in [3.05, 3.63) is 28.8 Å². The standard InChI is InChI=1S/C11H12O4/c1-7-5-11(15-14-9(3)13)8(2)4-10(7)6-12/h4-6H,1-3H3. The molecule has 1 aromatic carbocycles. The van der Waals surface area contributed by atoms with Gasteiger partial charge in [0.1, 0.15) is 6.29 Å². The fourth-order valence-corrected chi connectivity index (χ4v) is 1.13. The predicted octanol–water partition coefficient (Wildman–Crippen LogP) is 1.97. The number of carbonyl (C=O) groups is 2. The molecule has 0 unspecified atom stereocenters. The normalized spacial score (nSPS) is 9.53. The lowest BCUT2D eigenvalue weighted by Gasteiger charge is -2.07. The topological polar surface area (TPSA) is 52.6 Å². The van der Waals surface area contributed by atoms with Crippen LogP contribution in [0, 0.1) is 13.8 Å². The second-order valence-corrected chi connectivity index (χ2v) is 3.25. The van der Waals surface area contributed by atoms with Crippen LogP contribution in [0.25, 0.3) is 0 Å². The maximum atomic E-state index is 10.6. The Morgan fingerprint density at radius 2 is 1.93 bits per heavy atom. The molecular formula is C11H12O4. The maximum Gasteiger partial charge on any atom is 0.352 e. The van der Waals surface area contributed by atoms with Crippen LogP contribution in [0.2, 0.25) is 0 Å². The van der Waals surface area contributed by atoms with E-state index in [-0.39, 0.29) is 0 Å². The minimum atomic E-state index is -0.522. The van der Waals surface area contributed by atoms with E-state index in [4.69, 9.17) is 4.89 Å². The van der Waals surface area contributed by atoms with Crippen LogP contribution in [-0.2, 0) is 9.68 Å². The van der Waals surface area contributed by atoms with E-state index in [1.807, 2.05) is 0 Å². The molecule has 0 atom stereocenters. The lowest BCUT2D eigenvalue weighted by atomic mass is 10.1. The van der Waals surface area contributed by atoms with Crippen LogP contribution >= 0.6 is 0 Å². The molecule has 1 aromatic rings. The largest absolute Gasteiger partial charge is 0.352 e. The van der Waals surface area contributed by atoms with Crippen LogP contribution in [-0.4, -0.2) is 12.3 Å². The van der Waals surface area contributed by atoms with Gasteiger partial charge in [0.2, 0.25) is 0 Å². The van der Waals surface area contributed by atoms with Crippen LogP contribution in [0.15, 0.2) is 12.1 Å². The van der Waals surface area contributed by atoms with Crippen molar-refractivity contribution in [3.63, 3.8) is 0 Å². The van der Waals surface area contributed by atoms with Gasteiger partial charge < -0.3 is 0 Å². The molecule has 0 N–H and O–H groups in total. The van der Waals surface area contributed by atoms with Crippen LogP contribution in [0.3, 0.4) is 0 Å². The molecule has 4 nitrogen and oxygen atoms in total. The summed E-state index contributed by atoms with van der Waals surface area (Å²) in [6.45, 7) is 4.80. The van der Waals surface area contributed by atoms with Crippen LogP contribution in [0.5, 0.6) is 5.75 Å². The number of hydrogen-bond acceptors (Lipinski definition) is 4. The van der Waals surface area contributed by atoms with E-state index in [1.54, 1.807) is 26.0 Å². The van der Waals surface area contributed by atoms with Crippen molar-refractivity contribution in [2.24, 2.45) is 0 Å². The molecule has 80 valence electrons. The van der Waals surface area contributed by atoms with Gasteiger partial charge in [-0.3, -0.25) is 14.6 Å². The number of carbonyl (C=O) groups excluding carboxylic acids is 2. The van der Waals surface area contributed by atoms with Gasteiger partial charge in [-0.1, -0.05) is 0 Å². The van der Waals surface area contributed by atoms with E-state index in [0.29, 0.717) is 11.3 Å². The van der Waals surface area contributed by atoms with E-state index in [1.165, 1.54) is 6.92 Å². The van der Waals surface area contributed by atoms with E-state index < -0.39 is 5.97 Å². The molecule has 0 aliphatic heterocycles. The molecule has 0 aliphatic rings. The summed E-state index contributed by atoms with van der Waals surface area (Å²) >= 11 is 0. The number of benzene rings is 1. The van der Waals surface area contributed by atoms with Crippen LogP contribution in [0.4, 0.5) is 0 Å². The average molecular weight is 208 g/mol. The first kappa shape index (κ1) is 11.2. The highest BCUT2D eigenvalue weighted by Gasteiger charge is 2.07. The lowest BCUT2D eigenvalue weighted by molar-refractivity contribution is -0.211. The van der Waals surface area contributed by atoms with Crippen molar-refractivity contribution in [3.8, 4) is 5.75 Å². The Morgan fingerprint density at radius 3 is 2.47 bits per heavy atom. The Labute approximate surface area is 87.7 Å². The van der Waals surface area contributed by atoms with Crippen molar-refractivity contribution in [2.75, 3.05) is 0 Å². The zero-order valence-electron chi connectivity index (χ0n) is 8.87. The summed E-state index contributed by atoms with van der Waals surface area (Å²) in [6, 6.07) is 3.34. The van der Waals surface area contributed by atoms with Gasteiger partial charge >= 0.3 is 5.97 Å². The molecule has 0 fully saturated rings. The van der Waals surface area contributed by atoms with Gasteiger partial charge in [-0.25, -0.2) is 4.79 Å². The second kappa shape index (κ2) is 4.59. The first-order valence-electron chi connectivity index (χ1n) is 4.46. The Balaban J connectivity index is 2.94. The van der Waals surface area contributed by atoms with E-state index in [2.05, 4.69) is 4.89 Å². The third kappa shape index (κ3) is 2.80. The van der Waals surface area contributed by atoms with Gasteiger partial charge in [0, 0.05) is 12.5 Å². The van der Waals surface area contributed by atoms with Gasteiger partial charge in [-0.15, -0.1) is 0 Å². The highest BCUT2D eigenvalue weighted by Crippen LogP contribution is 2.22. The summed E-state index contributed by atoms with van der Waals surface area (Å²) in [5, 5.41) is 0. The summed E-state index contributed by atoms with van der Waals surface area (Å²) < 4.78 is 0. The number of rotatable bonds is 3. The molecular weight excluding hydrogens is 196 g/mol.